The molecule has 3 amide bonds. The number of benzene rings is 3. The smallest absolute Gasteiger partial charge is 0.384 e. The summed E-state index contributed by atoms with van der Waals surface area (Å²) in [6.07, 6.45) is -0.0987. The molecule has 0 bridgehead atoms. The molecule has 0 unspecified atom stereocenters. The zero-order valence-corrected chi connectivity index (χ0v) is 34.1. The fraction of sp³-hybridized carbons (Fsp3) is 0.256. The normalized spacial score (nSPS) is 11.2. The third-order valence-electron chi connectivity index (χ3n) is 8.65. The molecule has 8 N–H and O–H groups in total. The Morgan fingerprint density at radius 1 is 0.656 bits per heavy atom. The minimum absolute atomic E-state index is 0.0195. The van der Waals surface area contributed by atoms with Crippen LogP contribution in [0.3, 0.4) is 0 Å². The molecule has 0 fully saturated rings. The zero-order chi connectivity index (χ0) is 44.6. The fourth-order valence-electron chi connectivity index (χ4n) is 5.72. The largest absolute Gasteiger partial charge is 0.419 e. The van der Waals surface area contributed by atoms with Crippen LogP contribution in [0.1, 0.15) is 64.9 Å². The SMILES string of the molecule is CCCC(=O)Nc1n[nH]c2c(F)c(Br)c(F)c(F)c12.CCCC(=O)Nc1n[nH]c2c(F)c(C(F)(F)F)ccc12.CCCC(=O)Nc1n[nH]c2cc(-c3ccc(N)nc3)ccc12. The summed E-state index contributed by atoms with van der Waals surface area (Å²) in [7, 11) is 0. The lowest BCUT2D eigenvalue weighted by Crippen LogP contribution is -2.11. The van der Waals surface area contributed by atoms with Gasteiger partial charge in [-0.3, -0.25) is 29.7 Å². The molecular formula is C39H37BrF7N11O3. The highest BCUT2D eigenvalue weighted by Gasteiger charge is 2.35. The molecule has 0 saturated carbocycles. The summed E-state index contributed by atoms with van der Waals surface area (Å²) in [6, 6.07) is 11.3. The van der Waals surface area contributed by atoms with Crippen LogP contribution in [0.5, 0.6) is 0 Å². The molecule has 0 aliphatic rings. The van der Waals surface area contributed by atoms with Crippen LogP contribution in [0.2, 0.25) is 0 Å². The van der Waals surface area contributed by atoms with E-state index in [0.29, 0.717) is 37.0 Å². The number of carbonyl (C=O) groups excluding carboxylic acids is 3. The van der Waals surface area contributed by atoms with Gasteiger partial charge in [0.15, 0.2) is 40.7 Å². The Kier molecular flexibility index (Phi) is 14.7. The van der Waals surface area contributed by atoms with Gasteiger partial charge in [0.25, 0.3) is 0 Å². The van der Waals surface area contributed by atoms with Crippen molar-refractivity contribution in [1.82, 2.24) is 35.6 Å². The molecule has 61 heavy (non-hydrogen) atoms. The van der Waals surface area contributed by atoms with Crippen molar-refractivity contribution in [2.45, 2.75) is 65.5 Å². The van der Waals surface area contributed by atoms with E-state index < -0.39 is 50.8 Å². The summed E-state index contributed by atoms with van der Waals surface area (Å²) in [4.78, 5) is 38.6. The van der Waals surface area contributed by atoms with Crippen molar-refractivity contribution in [2.75, 3.05) is 21.7 Å². The number of aromatic nitrogens is 7. The van der Waals surface area contributed by atoms with Crippen molar-refractivity contribution < 1.29 is 45.1 Å². The number of nitrogens with one attached hydrogen (secondary N) is 6. The average molecular weight is 921 g/mol. The Bertz CT molecular complexity index is 2700. The third-order valence-corrected chi connectivity index (χ3v) is 9.35. The molecule has 0 aliphatic carbocycles. The van der Waals surface area contributed by atoms with Crippen LogP contribution in [0.15, 0.2) is 53.1 Å². The van der Waals surface area contributed by atoms with Crippen molar-refractivity contribution in [3.05, 3.63) is 82.0 Å². The van der Waals surface area contributed by atoms with E-state index in [2.05, 4.69) is 67.5 Å². The van der Waals surface area contributed by atoms with Crippen molar-refractivity contribution in [3.8, 4) is 11.1 Å². The number of rotatable bonds is 10. The summed E-state index contributed by atoms with van der Waals surface area (Å²) < 4.78 is 91.7. The van der Waals surface area contributed by atoms with Crippen LogP contribution in [0.25, 0.3) is 43.8 Å². The monoisotopic (exact) mass is 919 g/mol. The lowest BCUT2D eigenvalue weighted by molar-refractivity contribution is -0.139. The number of carbonyl (C=O) groups is 3. The molecule has 0 aliphatic heterocycles. The maximum atomic E-state index is 13.8. The van der Waals surface area contributed by atoms with Gasteiger partial charge in [-0.05, 0) is 77.2 Å². The standard InChI is InChI=1S/C16H17N5O.C12H11F4N3O.C11H9BrF3N3O/c1-2-3-15(22)19-16-12-6-4-10(8-13(12)20-21-16)11-5-7-14(17)18-9-11;1-2-3-8(20)17-11-6-4-5-7(12(14,15)16)9(13)10(6)18-19-11;1-2-3-4(19)16-11-5-7(13)8(14)6(12)9(15)10(5)17-18-11/h4-9H,2-3H2,1H3,(H2,17,18)(H2,19,20,21,22);4-5H,2-3H2,1H3,(H2,17,18,19,20);2-3H2,1H3,(H2,16,17,18,19). The number of pyridine rings is 1. The van der Waals surface area contributed by atoms with Gasteiger partial charge in [0, 0.05) is 41.8 Å². The first-order chi connectivity index (χ1) is 29.0. The number of aromatic amines is 3. The summed E-state index contributed by atoms with van der Waals surface area (Å²) in [5, 5.41) is 26.9. The highest BCUT2D eigenvalue weighted by molar-refractivity contribution is 9.10. The van der Waals surface area contributed by atoms with Gasteiger partial charge >= 0.3 is 6.18 Å². The van der Waals surface area contributed by atoms with E-state index in [1.807, 2.05) is 31.2 Å². The molecule has 4 aromatic heterocycles. The summed E-state index contributed by atoms with van der Waals surface area (Å²) in [5.74, 6) is -4.98. The Labute approximate surface area is 349 Å². The van der Waals surface area contributed by atoms with Gasteiger partial charge in [0.05, 0.1) is 20.9 Å². The minimum Gasteiger partial charge on any atom is -0.384 e. The highest BCUT2D eigenvalue weighted by atomic mass is 79.9. The molecule has 14 nitrogen and oxygen atoms in total. The number of alkyl halides is 3. The number of halogens is 8. The first-order valence-electron chi connectivity index (χ1n) is 18.5. The Morgan fingerprint density at radius 2 is 1.18 bits per heavy atom. The quantitative estimate of drug-likeness (QED) is 0.0398. The highest BCUT2D eigenvalue weighted by Crippen LogP contribution is 2.36. The van der Waals surface area contributed by atoms with E-state index in [1.165, 1.54) is 0 Å². The molecule has 22 heteroatoms. The van der Waals surface area contributed by atoms with E-state index in [4.69, 9.17) is 5.73 Å². The van der Waals surface area contributed by atoms with Gasteiger partial charge in [-0.2, -0.15) is 28.5 Å². The van der Waals surface area contributed by atoms with Gasteiger partial charge in [-0.15, -0.1) is 0 Å². The predicted molar refractivity (Wildman–Crippen MR) is 219 cm³/mol. The summed E-state index contributed by atoms with van der Waals surface area (Å²) in [5.41, 5.74) is 6.38. The molecule has 0 saturated heterocycles. The van der Waals surface area contributed by atoms with Crippen LogP contribution < -0.4 is 21.7 Å². The summed E-state index contributed by atoms with van der Waals surface area (Å²) in [6.45, 7) is 5.56. The molecule has 0 atom stereocenters. The molecule has 322 valence electrons. The van der Waals surface area contributed by atoms with Crippen LogP contribution in [0, 0.1) is 23.3 Å². The number of H-pyrrole nitrogens is 3. The number of amides is 3. The van der Waals surface area contributed by atoms with Gasteiger partial charge in [-0.25, -0.2) is 22.5 Å². The van der Waals surface area contributed by atoms with Gasteiger partial charge in [-0.1, -0.05) is 26.8 Å². The second-order valence-electron chi connectivity index (χ2n) is 13.2. The Hall–Kier alpha value is -6.58. The third kappa shape index (κ3) is 10.6. The Morgan fingerprint density at radius 3 is 1.75 bits per heavy atom. The maximum absolute atomic E-state index is 13.8. The van der Waals surface area contributed by atoms with Crippen molar-refractivity contribution in [3.63, 3.8) is 0 Å². The molecule has 4 heterocycles. The average Bonchev–Trinajstić information content (AvgIpc) is 3.94. The Balaban J connectivity index is 0.000000174. The maximum Gasteiger partial charge on any atom is 0.419 e. The number of nitrogen functional groups attached to an aromatic ring is 1. The van der Waals surface area contributed by atoms with Gasteiger partial charge in [0.2, 0.25) is 17.7 Å². The number of hydrogen-bond donors (Lipinski definition) is 7. The second kappa shape index (κ2) is 19.7. The number of hydrogen-bond acceptors (Lipinski definition) is 8. The molecule has 7 rings (SSSR count). The fourth-order valence-corrected chi connectivity index (χ4v) is 6.09. The molecule has 0 spiro atoms. The second-order valence-corrected chi connectivity index (χ2v) is 14.0. The van der Waals surface area contributed by atoms with Crippen molar-refractivity contribution in [2.24, 2.45) is 0 Å². The molecule has 7 aromatic rings. The van der Waals surface area contributed by atoms with Crippen LogP contribution in [-0.4, -0.2) is 53.3 Å². The minimum atomic E-state index is -4.78. The topological polar surface area (TPSA) is 212 Å². The van der Waals surface area contributed by atoms with E-state index in [1.54, 1.807) is 26.1 Å². The van der Waals surface area contributed by atoms with E-state index >= 15 is 0 Å². The van der Waals surface area contributed by atoms with Gasteiger partial charge < -0.3 is 21.7 Å². The number of fused-ring (bicyclic) bond motifs is 3. The predicted octanol–water partition coefficient (Wildman–Crippen LogP) is 9.89. The van der Waals surface area contributed by atoms with E-state index in [9.17, 15) is 45.1 Å². The number of nitrogens with zero attached hydrogens (tertiary/aromatic N) is 4. The summed E-state index contributed by atoms with van der Waals surface area (Å²) >= 11 is 2.61. The lowest BCUT2D eigenvalue weighted by atomic mass is 10.1. The van der Waals surface area contributed by atoms with Gasteiger partial charge in [0.1, 0.15) is 16.9 Å². The molecular weight excluding hydrogens is 883 g/mol. The van der Waals surface area contributed by atoms with Crippen LogP contribution in [-0.2, 0) is 20.6 Å². The molecule has 3 aromatic carbocycles. The number of nitrogens with two attached hydrogens (primary N) is 1. The molecule has 0 radical (unpaired) electrons. The van der Waals surface area contributed by atoms with Crippen LogP contribution >= 0.6 is 15.9 Å². The van der Waals surface area contributed by atoms with Crippen LogP contribution in [0.4, 0.5) is 54.0 Å². The number of anilines is 4. The van der Waals surface area contributed by atoms with Crippen molar-refractivity contribution >= 4 is 89.6 Å². The van der Waals surface area contributed by atoms with E-state index in [0.717, 1.165) is 34.5 Å². The lowest BCUT2D eigenvalue weighted by Gasteiger charge is -2.08. The van der Waals surface area contributed by atoms with E-state index in [-0.39, 0.29) is 52.7 Å². The zero-order valence-electron chi connectivity index (χ0n) is 32.5. The first kappa shape index (κ1) is 45.5. The first-order valence-corrected chi connectivity index (χ1v) is 19.3. The van der Waals surface area contributed by atoms with Crippen molar-refractivity contribution in [1.29, 1.82) is 0 Å².